The predicted octanol–water partition coefficient (Wildman–Crippen LogP) is 2.12. The fourth-order valence-electron chi connectivity index (χ4n) is 0.994. The van der Waals surface area contributed by atoms with Crippen LogP contribution < -0.4 is 0 Å². The highest BCUT2D eigenvalue weighted by atomic mass is 19.1. The highest BCUT2D eigenvalue weighted by molar-refractivity contribution is 5.86. The van der Waals surface area contributed by atoms with Crippen LogP contribution in [0.4, 0.5) is 4.39 Å². The molecule has 0 fully saturated rings. The van der Waals surface area contributed by atoms with Crippen LogP contribution in [-0.2, 0) is 19.1 Å². The molecule has 4 nitrogen and oxygen atoms in total. The molecule has 0 saturated carbocycles. The van der Waals surface area contributed by atoms with Crippen molar-refractivity contribution in [2.45, 2.75) is 19.8 Å². The molecular formula is C11H15FO4. The summed E-state index contributed by atoms with van der Waals surface area (Å²) in [4.78, 5) is 21.8. The summed E-state index contributed by atoms with van der Waals surface area (Å²) in [6, 6.07) is 0. The lowest BCUT2D eigenvalue weighted by Gasteiger charge is -2.06. The third-order valence-corrected chi connectivity index (χ3v) is 1.91. The summed E-state index contributed by atoms with van der Waals surface area (Å²) in [7, 11) is 1.29. The summed E-state index contributed by atoms with van der Waals surface area (Å²) in [6.45, 7) is 4.79. The van der Waals surface area contributed by atoms with Gasteiger partial charge >= 0.3 is 11.9 Å². The van der Waals surface area contributed by atoms with Crippen LogP contribution in [0, 0.1) is 5.92 Å². The minimum absolute atomic E-state index is 0.258. The second kappa shape index (κ2) is 7.62. The molecule has 0 aliphatic heterocycles. The van der Waals surface area contributed by atoms with Gasteiger partial charge in [0.25, 0.3) is 0 Å². The van der Waals surface area contributed by atoms with Crippen LogP contribution in [0.15, 0.2) is 24.7 Å². The molecule has 0 aliphatic carbocycles. The molecule has 0 aromatic carbocycles. The third kappa shape index (κ3) is 5.29. The zero-order valence-electron chi connectivity index (χ0n) is 9.36. The Labute approximate surface area is 93.7 Å². The Hall–Kier alpha value is -1.65. The number of hydrogen-bond acceptors (Lipinski definition) is 4. The monoisotopic (exact) mass is 230 g/mol. The lowest BCUT2D eigenvalue weighted by molar-refractivity contribution is -0.145. The standard InChI is InChI=1S/C11H15FO4/c1-4-16-11(14)9(12)7-5-6-8(2)10(13)15-3/h4,7-8H,1,5-6H2,2-3H3/b9-7+/t8-/m1/s1. The van der Waals surface area contributed by atoms with Crippen LogP contribution in [0.25, 0.3) is 0 Å². The number of allylic oxidation sites excluding steroid dienone is 1. The minimum Gasteiger partial charge on any atom is -0.469 e. The number of carbonyl (C=O) groups is 2. The first kappa shape index (κ1) is 14.3. The molecule has 0 aromatic heterocycles. The Kier molecular flexibility index (Phi) is 6.83. The summed E-state index contributed by atoms with van der Waals surface area (Å²) >= 11 is 0. The predicted molar refractivity (Wildman–Crippen MR) is 55.9 cm³/mol. The van der Waals surface area contributed by atoms with Crippen molar-refractivity contribution in [2.24, 2.45) is 5.92 Å². The maximum absolute atomic E-state index is 12.9. The molecule has 0 saturated heterocycles. The van der Waals surface area contributed by atoms with E-state index in [0.29, 0.717) is 6.42 Å². The number of methoxy groups -OCH3 is 1. The number of ether oxygens (including phenoxy) is 2. The minimum atomic E-state index is -1.08. The first-order chi connectivity index (χ1) is 7.52. The summed E-state index contributed by atoms with van der Waals surface area (Å²) < 4.78 is 21.7. The van der Waals surface area contributed by atoms with Gasteiger partial charge in [0.15, 0.2) is 0 Å². The third-order valence-electron chi connectivity index (χ3n) is 1.91. The Morgan fingerprint density at radius 2 is 2.12 bits per heavy atom. The van der Waals surface area contributed by atoms with Crippen LogP contribution in [0.5, 0.6) is 0 Å². The van der Waals surface area contributed by atoms with E-state index < -0.39 is 11.8 Å². The Bertz CT molecular complexity index is 296. The molecule has 1 atom stereocenters. The lowest BCUT2D eigenvalue weighted by Crippen LogP contribution is -2.12. The zero-order chi connectivity index (χ0) is 12.6. The Morgan fingerprint density at radius 3 is 2.62 bits per heavy atom. The van der Waals surface area contributed by atoms with Crippen molar-refractivity contribution < 1.29 is 23.5 Å². The Balaban J connectivity index is 4.04. The smallest absolute Gasteiger partial charge is 0.371 e. The van der Waals surface area contributed by atoms with Gasteiger partial charge in [0.1, 0.15) is 0 Å². The molecule has 90 valence electrons. The van der Waals surface area contributed by atoms with Crippen molar-refractivity contribution >= 4 is 11.9 Å². The van der Waals surface area contributed by atoms with Crippen LogP contribution in [-0.4, -0.2) is 19.0 Å². The zero-order valence-corrected chi connectivity index (χ0v) is 9.36. The normalized spacial score (nSPS) is 12.8. The van der Waals surface area contributed by atoms with E-state index in [1.807, 2.05) is 0 Å². The van der Waals surface area contributed by atoms with E-state index in [0.717, 1.165) is 12.3 Å². The first-order valence-electron chi connectivity index (χ1n) is 4.78. The van der Waals surface area contributed by atoms with Gasteiger partial charge in [-0.25, -0.2) is 4.79 Å². The van der Waals surface area contributed by atoms with Gasteiger partial charge in [-0.15, -0.1) is 0 Å². The molecule has 0 radical (unpaired) electrons. The molecule has 0 aliphatic rings. The fraction of sp³-hybridized carbons (Fsp3) is 0.455. The van der Waals surface area contributed by atoms with Gasteiger partial charge in [-0.2, -0.15) is 4.39 Å². The first-order valence-corrected chi connectivity index (χ1v) is 4.78. The van der Waals surface area contributed by atoms with Crippen molar-refractivity contribution in [1.29, 1.82) is 0 Å². The lowest BCUT2D eigenvalue weighted by atomic mass is 10.1. The van der Waals surface area contributed by atoms with Gasteiger partial charge in [0.2, 0.25) is 5.83 Å². The maximum atomic E-state index is 12.9. The molecule has 5 heteroatoms. The fourth-order valence-corrected chi connectivity index (χ4v) is 0.994. The van der Waals surface area contributed by atoms with E-state index in [1.165, 1.54) is 7.11 Å². The van der Waals surface area contributed by atoms with E-state index in [-0.39, 0.29) is 18.3 Å². The molecule has 0 N–H and O–H groups in total. The van der Waals surface area contributed by atoms with Gasteiger partial charge in [-0.3, -0.25) is 4.79 Å². The quantitative estimate of drug-likeness (QED) is 0.398. The van der Waals surface area contributed by atoms with Crippen LogP contribution in [0.1, 0.15) is 19.8 Å². The van der Waals surface area contributed by atoms with Gasteiger partial charge in [-0.05, 0) is 18.9 Å². The number of esters is 2. The van der Waals surface area contributed by atoms with E-state index in [1.54, 1.807) is 6.92 Å². The van der Waals surface area contributed by atoms with E-state index >= 15 is 0 Å². The largest absolute Gasteiger partial charge is 0.469 e. The molecule has 0 amide bonds. The molecule has 16 heavy (non-hydrogen) atoms. The summed E-state index contributed by atoms with van der Waals surface area (Å²) in [5.74, 6) is -2.76. The van der Waals surface area contributed by atoms with Crippen LogP contribution >= 0.6 is 0 Å². The van der Waals surface area contributed by atoms with E-state index in [2.05, 4.69) is 16.1 Å². The van der Waals surface area contributed by atoms with Crippen LogP contribution in [0.2, 0.25) is 0 Å². The number of rotatable bonds is 6. The molecule has 0 spiro atoms. The highest BCUT2D eigenvalue weighted by Gasteiger charge is 2.13. The molecule has 0 bridgehead atoms. The van der Waals surface area contributed by atoms with Gasteiger partial charge in [-0.1, -0.05) is 13.5 Å². The van der Waals surface area contributed by atoms with Crippen molar-refractivity contribution in [3.63, 3.8) is 0 Å². The molecule has 0 heterocycles. The SMILES string of the molecule is C=COC(=O)/C(F)=C\CC[C@@H](C)C(=O)OC. The summed E-state index contributed by atoms with van der Waals surface area (Å²) in [5.41, 5.74) is 0. The van der Waals surface area contributed by atoms with Crippen LogP contribution in [0.3, 0.4) is 0 Å². The molecular weight excluding hydrogens is 215 g/mol. The molecule has 0 aromatic rings. The van der Waals surface area contributed by atoms with E-state index in [9.17, 15) is 14.0 Å². The van der Waals surface area contributed by atoms with Crippen molar-refractivity contribution in [1.82, 2.24) is 0 Å². The van der Waals surface area contributed by atoms with Crippen molar-refractivity contribution in [3.05, 3.63) is 24.7 Å². The van der Waals surface area contributed by atoms with Gasteiger partial charge in [0.05, 0.1) is 19.3 Å². The van der Waals surface area contributed by atoms with E-state index in [4.69, 9.17) is 0 Å². The summed E-state index contributed by atoms with van der Waals surface area (Å²) in [5, 5.41) is 0. The number of halogens is 1. The topological polar surface area (TPSA) is 52.6 Å². The molecule has 0 rings (SSSR count). The average molecular weight is 230 g/mol. The van der Waals surface area contributed by atoms with Gasteiger partial charge in [0, 0.05) is 0 Å². The summed E-state index contributed by atoms with van der Waals surface area (Å²) in [6.07, 6.45) is 2.59. The second-order valence-corrected chi connectivity index (χ2v) is 3.13. The second-order valence-electron chi connectivity index (χ2n) is 3.13. The number of hydrogen-bond donors (Lipinski definition) is 0. The number of carbonyl (C=O) groups excluding carboxylic acids is 2. The van der Waals surface area contributed by atoms with Crippen molar-refractivity contribution in [2.75, 3.05) is 7.11 Å². The molecule has 0 unspecified atom stereocenters. The maximum Gasteiger partial charge on any atom is 0.371 e. The average Bonchev–Trinajstić information content (AvgIpc) is 2.27. The van der Waals surface area contributed by atoms with Crippen molar-refractivity contribution in [3.8, 4) is 0 Å². The van der Waals surface area contributed by atoms with Gasteiger partial charge < -0.3 is 9.47 Å². The Morgan fingerprint density at radius 1 is 1.50 bits per heavy atom. The highest BCUT2D eigenvalue weighted by Crippen LogP contribution is 2.10.